The molecule has 1 aliphatic carbocycles. The van der Waals surface area contributed by atoms with E-state index in [2.05, 4.69) is 31.4 Å². The Bertz CT molecular complexity index is 1010. The monoisotopic (exact) mass is 474 g/mol. The molecule has 0 bridgehead atoms. The minimum absolute atomic E-state index is 0.0395. The number of carbonyl (C=O) groups is 4. The molecular formula is C23H30N4O7. The predicted molar refractivity (Wildman–Crippen MR) is 122 cm³/mol. The van der Waals surface area contributed by atoms with Gasteiger partial charge in [-0.25, -0.2) is 4.79 Å². The largest absolute Gasteiger partial charge is 0.451 e. The van der Waals surface area contributed by atoms with Crippen LogP contribution in [-0.4, -0.2) is 51.8 Å². The lowest BCUT2D eigenvalue weighted by Gasteiger charge is -2.40. The Balaban J connectivity index is 1.57. The van der Waals surface area contributed by atoms with Crippen LogP contribution in [0.25, 0.3) is 0 Å². The molecule has 1 saturated heterocycles. The number of urea groups is 1. The Kier molecular flexibility index (Phi) is 6.94. The molecule has 1 heterocycles. The number of imide groups is 1. The quantitative estimate of drug-likeness (QED) is 0.279. The van der Waals surface area contributed by atoms with E-state index in [-0.39, 0.29) is 16.8 Å². The Labute approximate surface area is 197 Å². The lowest BCUT2D eigenvalue weighted by Crippen LogP contribution is -2.50. The number of hydrogen-bond donors (Lipinski definition) is 2. The van der Waals surface area contributed by atoms with Crippen LogP contribution in [0.3, 0.4) is 0 Å². The maximum absolute atomic E-state index is 13.0. The highest BCUT2D eigenvalue weighted by molar-refractivity contribution is 6.09. The number of ether oxygens (including phenoxy) is 1. The number of nitrogens with zero attached hydrogens (tertiary/aromatic N) is 2. The van der Waals surface area contributed by atoms with Gasteiger partial charge in [-0.05, 0) is 50.0 Å². The van der Waals surface area contributed by atoms with E-state index in [1.54, 1.807) is 0 Å². The summed E-state index contributed by atoms with van der Waals surface area (Å²) < 4.78 is 5.09. The summed E-state index contributed by atoms with van der Waals surface area (Å²) in [5.41, 5.74) is -1.25. The lowest BCUT2D eigenvalue weighted by atomic mass is 9.67. The topological polar surface area (TPSA) is 148 Å². The molecule has 1 aliphatic heterocycles. The van der Waals surface area contributed by atoms with Crippen LogP contribution in [0.4, 0.5) is 16.2 Å². The maximum atomic E-state index is 13.0. The van der Waals surface area contributed by atoms with E-state index in [0.29, 0.717) is 18.8 Å². The molecular weight excluding hydrogens is 444 g/mol. The van der Waals surface area contributed by atoms with Gasteiger partial charge in [0.2, 0.25) is 0 Å². The van der Waals surface area contributed by atoms with E-state index in [4.69, 9.17) is 4.74 Å². The molecule has 184 valence electrons. The fraction of sp³-hybridized carbons (Fsp3) is 0.565. The van der Waals surface area contributed by atoms with Crippen molar-refractivity contribution in [1.29, 1.82) is 0 Å². The number of carbonyl (C=O) groups excluding carboxylic acids is 4. The summed E-state index contributed by atoms with van der Waals surface area (Å²) in [6.07, 6.45) is 1.27. The third-order valence-electron chi connectivity index (χ3n) is 6.63. The van der Waals surface area contributed by atoms with Gasteiger partial charge in [-0.1, -0.05) is 32.9 Å². The van der Waals surface area contributed by atoms with Crippen LogP contribution in [0.15, 0.2) is 24.3 Å². The molecule has 11 heteroatoms. The van der Waals surface area contributed by atoms with Crippen molar-refractivity contribution in [2.45, 2.75) is 65.0 Å². The third kappa shape index (κ3) is 5.18. The molecule has 1 aromatic rings. The maximum Gasteiger partial charge on any atom is 0.327 e. The zero-order valence-electron chi connectivity index (χ0n) is 19.8. The first kappa shape index (κ1) is 25.1. The van der Waals surface area contributed by atoms with Crippen LogP contribution in [0, 0.1) is 21.4 Å². The van der Waals surface area contributed by atoms with Gasteiger partial charge >= 0.3 is 12.0 Å². The molecule has 3 rings (SSSR count). The second-order valence-corrected chi connectivity index (χ2v) is 9.94. The first-order valence-corrected chi connectivity index (χ1v) is 11.2. The summed E-state index contributed by atoms with van der Waals surface area (Å²) >= 11 is 0. The number of nitro benzene ring substituents is 1. The highest BCUT2D eigenvalue weighted by Gasteiger charge is 2.53. The number of nitro groups is 1. The van der Waals surface area contributed by atoms with Gasteiger partial charge in [-0.15, -0.1) is 0 Å². The normalized spacial score (nSPS) is 23.4. The van der Waals surface area contributed by atoms with E-state index < -0.39 is 46.9 Å². The number of esters is 1. The van der Waals surface area contributed by atoms with E-state index in [1.165, 1.54) is 31.2 Å². The van der Waals surface area contributed by atoms with Gasteiger partial charge in [0.1, 0.15) is 17.8 Å². The average molecular weight is 475 g/mol. The van der Waals surface area contributed by atoms with Crippen molar-refractivity contribution in [2.75, 3.05) is 11.9 Å². The molecule has 1 aromatic carbocycles. The van der Waals surface area contributed by atoms with E-state index in [1.807, 2.05) is 0 Å². The van der Waals surface area contributed by atoms with Gasteiger partial charge in [0.25, 0.3) is 17.5 Å². The summed E-state index contributed by atoms with van der Waals surface area (Å²) in [6, 6.07) is 4.90. The SMILES string of the molecule is CC(OC(=O)CN1C(=O)NC2(CCC(C(C)(C)C)CC2)C1=O)C(=O)Nc1ccccc1[N+](=O)[O-]. The van der Waals surface area contributed by atoms with E-state index >= 15 is 0 Å². The number of nitrogens with one attached hydrogen (secondary N) is 2. The fourth-order valence-corrected chi connectivity index (χ4v) is 4.53. The van der Waals surface area contributed by atoms with E-state index in [9.17, 15) is 29.3 Å². The number of benzene rings is 1. The number of amides is 4. The average Bonchev–Trinajstić information content (AvgIpc) is 2.97. The summed E-state index contributed by atoms with van der Waals surface area (Å²) in [6.45, 7) is 7.13. The molecule has 2 fully saturated rings. The van der Waals surface area contributed by atoms with Crippen LogP contribution < -0.4 is 10.6 Å². The molecule has 1 saturated carbocycles. The van der Waals surface area contributed by atoms with Crippen LogP contribution in [0.1, 0.15) is 53.4 Å². The van der Waals surface area contributed by atoms with Crippen molar-refractivity contribution in [2.24, 2.45) is 11.3 Å². The van der Waals surface area contributed by atoms with Crippen molar-refractivity contribution in [3.05, 3.63) is 34.4 Å². The van der Waals surface area contributed by atoms with Crippen LogP contribution in [0.2, 0.25) is 0 Å². The number of hydrogen-bond acceptors (Lipinski definition) is 7. The summed E-state index contributed by atoms with van der Waals surface area (Å²) in [5, 5.41) is 16.2. The Morgan fingerprint density at radius 1 is 1.26 bits per heavy atom. The number of anilines is 1. The van der Waals surface area contributed by atoms with Crippen molar-refractivity contribution in [1.82, 2.24) is 10.2 Å². The zero-order valence-corrected chi connectivity index (χ0v) is 19.8. The highest BCUT2D eigenvalue weighted by atomic mass is 16.6. The smallest absolute Gasteiger partial charge is 0.327 e. The first-order valence-electron chi connectivity index (χ1n) is 11.2. The first-order chi connectivity index (χ1) is 15.8. The molecule has 2 N–H and O–H groups in total. The van der Waals surface area contributed by atoms with Gasteiger partial charge in [0, 0.05) is 6.07 Å². The highest BCUT2D eigenvalue weighted by Crippen LogP contribution is 2.43. The molecule has 1 atom stereocenters. The van der Waals surface area contributed by atoms with Crippen LogP contribution in [0.5, 0.6) is 0 Å². The standard InChI is InChI=1S/C23H30N4O7/c1-14(19(29)24-16-7-5-6-8-17(16)27(32)33)34-18(28)13-26-20(30)23(25-21(26)31)11-9-15(10-12-23)22(2,3)4/h5-8,14-15H,9-13H2,1-4H3,(H,24,29)(H,25,31). The van der Waals surface area contributed by atoms with Crippen molar-refractivity contribution in [3.63, 3.8) is 0 Å². The fourth-order valence-electron chi connectivity index (χ4n) is 4.53. The second-order valence-electron chi connectivity index (χ2n) is 9.94. The van der Waals surface area contributed by atoms with Crippen molar-refractivity contribution >= 4 is 35.2 Å². The zero-order chi connectivity index (χ0) is 25.3. The molecule has 1 unspecified atom stereocenters. The van der Waals surface area contributed by atoms with Gasteiger partial charge in [-0.2, -0.15) is 0 Å². The summed E-state index contributed by atoms with van der Waals surface area (Å²) in [4.78, 5) is 61.6. The van der Waals surface area contributed by atoms with Crippen LogP contribution in [-0.2, 0) is 19.1 Å². The summed E-state index contributed by atoms with van der Waals surface area (Å²) in [7, 11) is 0. The second kappa shape index (κ2) is 9.40. The minimum atomic E-state index is -1.30. The van der Waals surface area contributed by atoms with Crippen LogP contribution >= 0.6 is 0 Å². The third-order valence-corrected chi connectivity index (χ3v) is 6.63. The van der Waals surface area contributed by atoms with Gasteiger partial charge < -0.3 is 15.4 Å². The van der Waals surface area contributed by atoms with Gasteiger partial charge in [0.05, 0.1) is 4.92 Å². The molecule has 0 aromatic heterocycles. The number of para-hydroxylation sites is 2. The Morgan fingerprint density at radius 3 is 2.47 bits per heavy atom. The predicted octanol–water partition coefficient (Wildman–Crippen LogP) is 2.99. The van der Waals surface area contributed by atoms with Crippen molar-refractivity contribution in [3.8, 4) is 0 Å². The molecule has 0 radical (unpaired) electrons. The Morgan fingerprint density at radius 2 is 1.88 bits per heavy atom. The molecule has 11 nitrogen and oxygen atoms in total. The number of rotatable bonds is 6. The summed E-state index contributed by atoms with van der Waals surface area (Å²) in [5.74, 6) is -1.74. The molecule has 4 amide bonds. The van der Waals surface area contributed by atoms with E-state index in [0.717, 1.165) is 17.7 Å². The molecule has 34 heavy (non-hydrogen) atoms. The lowest BCUT2D eigenvalue weighted by molar-refractivity contribution is -0.383. The minimum Gasteiger partial charge on any atom is -0.451 e. The Hall–Kier alpha value is -3.50. The molecule has 1 spiro atoms. The van der Waals surface area contributed by atoms with Crippen molar-refractivity contribution < 1.29 is 28.8 Å². The van der Waals surface area contributed by atoms with Gasteiger partial charge in [-0.3, -0.25) is 29.4 Å². The van der Waals surface area contributed by atoms with Gasteiger partial charge in [0.15, 0.2) is 6.10 Å². The molecule has 2 aliphatic rings.